The van der Waals surface area contributed by atoms with E-state index in [1.165, 1.54) is 13.4 Å². The first-order valence-electron chi connectivity index (χ1n) is 5.55. The molecular weight excluding hydrogens is 266 g/mol. The van der Waals surface area contributed by atoms with Gasteiger partial charge in [-0.05, 0) is 24.6 Å². The van der Waals surface area contributed by atoms with Crippen LogP contribution < -0.4 is 21.3 Å². The summed E-state index contributed by atoms with van der Waals surface area (Å²) in [6, 6.07) is 5.58. The van der Waals surface area contributed by atoms with Crippen molar-refractivity contribution in [1.29, 1.82) is 0 Å². The summed E-state index contributed by atoms with van der Waals surface area (Å²) in [5, 5.41) is 3.83. The largest absolute Gasteiger partial charge is 0.490 e. The van der Waals surface area contributed by atoms with E-state index in [0.29, 0.717) is 22.4 Å². The highest BCUT2D eigenvalue weighted by Gasteiger charge is 2.12. The number of nitrogens with zero attached hydrogens (tertiary/aromatic N) is 2. The molecule has 100 valence electrons. The third-order valence-electron chi connectivity index (χ3n) is 2.67. The molecule has 0 saturated heterocycles. The second-order valence-electron chi connectivity index (χ2n) is 3.79. The Bertz CT molecular complexity index is 590. The molecule has 0 bridgehead atoms. The van der Waals surface area contributed by atoms with Crippen molar-refractivity contribution in [2.24, 2.45) is 5.84 Å². The molecule has 0 fully saturated rings. The van der Waals surface area contributed by atoms with Crippen LogP contribution in [0.5, 0.6) is 5.75 Å². The van der Waals surface area contributed by atoms with E-state index in [0.717, 1.165) is 11.3 Å². The molecule has 0 spiro atoms. The fourth-order valence-electron chi connectivity index (χ4n) is 1.63. The maximum atomic E-state index is 6.08. The molecule has 0 amide bonds. The predicted molar refractivity (Wildman–Crippen MR) is 75.9 cm³/mol. The van der Waals surface area contributed by atoms with Gasteiger partial charge < -0.3 is 15.5 Å². The molecule has 19 heavy (non-hydrogen) atoms. The van der Waals surface area contributed by atoms with Gasteiger partial charge in [-0.2, -0.15) is 0 Å². The van der Waals surface area contributed by atoms with Crippen LogP contribution in [0.4, 0.5) is 17.3 Å². The summed E-state index contributed by atoms with van der Waals surface area (Å²) in [6.07, 6.45) is 1.39. The van der Waals surface area contributed by atoms with Crippen LogP contribution in [0.3, 0.4) is 0 Å². The van der Waals surface area contributed by atoms with Gasteiger partial charge in [0, 0.05) is 10.7 Å². The van der Waals surface area contributed by atoms with Crippen molar-refractivity contribution in [2.75, 3.05) is 17.9 Å². The summed E-state index contributed by atoms with van der Waals surface area (Å²) in [6.45, 7) is 1.92. The van der Waals surface area contributed by atoms with E-state index in [1.54, 1.807) is 0 Å². The number of benzene rings is 1. The number of halogens is 1. The smallest absolute Gasteiger partial charge is 0.205 e. The van der Waals surface area contributed by atoms with Crippen LogP contribution >= 0.6 is 11.6 Å². The molecule has 1 aromatic heterocycles. The number of hydrogen-bond donors (Lipinski definition) is 3. The molecule has 0 aliphatic heterocycles. The summed E-state index contributed by atoms with van der Waals surface area (Å²) in [5.41, 5.74) is 4.22. The van der Waals surface area contributed by atoms with Crippen molar-refractivity contribution >= 4 is 28.9 Å². The summed E-state index contributed by atoms with van der Waals surface area (Å²) in [4.78, 5) is 8.11. The Morgan fingerprint density at radius 1 is 1.26 bits per heavy atom. The Kier molecular flexibility index (Phi) is 4.03. The number of ether oxygens (including phenoxy) is 1. The topological polar surface area (TPSA) is 85.1 Å². The first kappa shape index (κ1) is 13.4. The van der Waals surface area contributed by atoms with Gasteiger partial charge in [-0.3, -0.25) is 0 Å². The summed E-state index contributed by atoms with van der Waals surface area (Å²) >= 11 is 6.08. The van der Waals surface area contributed by atoms with E-state index in [-0.39, 0.29) is 0 Å². The molecule has 2 aromatic rings. The normalized spacial score (nSPS) is 10.1. The lowest BCUT2D eigenvalue weighted by molar-refractivity contribution is 0.415. The van der Waals surface area contributed by atoms with Crippen molar-refractivity contribution in [2.45, 2.75) is 6.92 Å². The number of hydrazine groups is 1. The zero-order valence-electron chi connectivity index (χ0n) is 10.6. The second kappa shape index (κ2) is 5.73. The lowest BCUT2D eigenvalue weighted by atomic mass is 10.2. The highest BCUT2D eigenvalue weighted by molar-refractivity contribution is 6.31. The van der Waals surface area contributed by atoms with Crippen LogP contribution in [0.1, 0.15) is 5.56 Å². The van der Waals surface area contributed by atoms with Crippen LogP contribution in [0.15, 0.2) is 24.5 Å². The fraction of sp³-hybridized carbons (Fsp3) is 0.167. The number of nitrogen functional groups attached to an aromatic ring is 1. The van der Waals surface area contributed by atoms with Gasteiger partial charge in [-0.1, -0.05) is 17.7 Å². The first-order chi connectivity index (χ1) is 9.17. The number of methoxy groups -OCH3 is 1. The van der Waals surface area contributed by atoms with Gasteiger partial charge >= 0.3 is 0 Å². The lowest BCUT2D eigenvalue weighted by Crippen LogP contribution is -2.11. The molecule has 2 rings (SSSR count). The Labute approximate surface area is 115 Å². The molecule has 0 radical (unpaired) electrons. The third-order valence-corrected chi connectivity index (χ3v) is 3.07. The number of nitrogens with two attached hydrogens (primary N) is 1. The average molecular weight is 280 g/mol. The molecule has 7 heteroatoms. The molecule has 1 heterocycles. The van der Waals surface area contributed by atoms with Gasteiger partial charge in [0.05, 0.1) is 7.11 Å². The van der Waals surface area contributed by atoms with Crippen molar-refractivity contribution in [3.05, 3.63) is 35.1 Å². The first-order valence-corrected chi connectivity index (χ1v) is 5.93. The Morgan fingerprint density at radius 2 is 2.00 bits per heavy atom. The monoisotopic (exact) mass is 279 g/mol. The molecule has 0 saturated carbocycles. The van der Waals surface area contributed by atoms with Crippen LogP contribution in [-0.2, 0) is 0 Å². The van der Waals surface area contributed by atoms with Crippen LogP contribution in [-0.4, -0.2) is 17.1 Å². The van der Waals surface area contributed by atoms with E-state index in [1.807, 2.05) is 25.1 Å². The molecule has 0 unspecified atom stereocenters. The molecule has 1 aromatic carbocycles. The summed E-state index contributed by atoms with van der Waals surface area (Å²) < 4.78 is 5.25. The molecule has 4 N–H and O–H groups in total. The predicted octanol–water partition coefficient (Wildman–Crippen LogP) is 2.48. The highest BCUT2D eigenvalue weighted by Crippen LogP contribution is 2.32. The van der Waals surface area contributed by atoms with Gasteiger partial charge in [0.15, 0.2) is 11.6 Å². The van der Waals surface area contributed by atoms with E-state index >= 15 is 0 Å². The van der Waals surface area contributed by atoms with Gasteiger partial charge in [-0.15, -0.1) is 0 Å². The minimum atomic E-state index is 0.402. The van der Waals surface area contributed by atoms with Crippen LogP contribution in [0.2, 0.25) is 5.02 Å². The molecule has 0 aliphatic carbocycles. The lowest BCUT2D eigenvalue weighted by Gasteiger charge is -2.14. The highest BCUT2D eigenvalue weighted by atomic mass is 35.5. The Balaban J connectivity index is 2.41. The zero-order valence-corrected chi connectivity index (χ0v) is 11.3. The third kappa shape index (κ3) is 2.69. The summed E-state index contributed by atoms with van der Waals surface area (Å²) in [7, 11) is 1.52. The van der Waals surface area contributed by atoms with Crippen molar-refractivity contribution in [1.82, 2.24) is 9.97 Å². The summed E-state index contributed by atoms with van der Waals surface area (Å²) in [5.74, 6) is 6.72. The molecule has 0 atom stereocenters. The van der Waals surface area contributed by atoms with Crippen molar-refractivity contribution in [3.8, 4) is 5.75 Å². The minimum absolute atomic E-state index is 0.402. The van der Waals surface area contributed by atoms with E-state index in [9.17, 15) is 0 Å². The number of nitrogens with one attached hydrogen (secondary N) is 2. The SMILES string of the molecule is COc1c(NN)ncnc1Nc1cccc(Cl)c1C. The van der Waals surface area contributed by atoms with Gasteiger partial charge in [-0.25, -0.2) is 15.8 Å². The van der Waals surface area contributed by atoms with Crippen molar-refractivity contribution in [3.63, 3.8) is 0 Å². The van der Waals surface area contributed by atoms with Crippen LogP contribution in [0, 0.1) is 6.92 Å². The molecule has 0 aliphatic rings. The molecular formula is C12H14ClN5O. The Hall–Kier alpha value is -2.05. The van der Waals surface area contributed by atoms with Gasteiger partial charge in [0.25, 0.3) is 0 Å². The fourth-order valence-corrected chi connectivity index (χ4v) is 1.80. The number of rotatable bonds is 4. The zero-order chi connectivity index (χ0) is 13.8. The van der Waals surface area contributed by atoms with Crippen molar-refractivity contribution < 1.29 is 4.74 Å². The van der Waals surface area contributed by atoms with E-state index < -0.39 is 0 Å². The molecule has 6 nitrogen and oxygen atoms in total. The van der Waals surface area contributed by atoms with Crippen LogP contribution in [0.25, 0.3) is 0 Å². The number of aromatic nitrogens is 2. The minimum Gasteiger partial charge on any atom is -0.490 e. The number of hydrogen-bond acceptors (Lipinski definition) is 6. The maximum absolute atomic E-state index is 6.08. The maximum Gasteiger partial charge on any atom is 0.205 e. The number of anilines is 3. The van der Waals surface area contributed by atoms with Gasteiger partial charge in [0.2, 0.25) is 5.75 Å². The standard InChI is InChI=1S/C12H14ClN5O/c1-7-8(13)4-3-5-9(7)17-11-10(19-2)12(18-14)16-6-15-11/h3-6H,14H2,1-2H3,(H2,15,16,17,18). The second-order valence-corrected chi connectivity index (χ2v) is 4.19. The quantitative estimate of drug-likeness (QED) is 0.589. The van der Waals surface area contributed by atoms with E-state index in [4.69, 9.17) is 22.2 Å². The van der Waals surface area contributed by atoms with Gasteiger partial charge in [0.1, 0.15) is 6.33 Å². The van der Waals surface area contributed by atoms with E-state index in [2.05, 4.69) is 20.7 Å². The average Bonchev–Trinajstić information content (AvgIpc) is 2.43. The Morgan fingerprint density at radius 3 is 2.68 bits per heavy atom.